The van der Waals surface area contributed by atoms with Crippen LogP contribution in [-0.4, -0.2) is 58.9 Å². The van der Waals surface area contributed by atoms with Crippen molar-refractivity contribution in [3.63, 3.8) is 0 Å². The minimum Gasteiger partial charge on any atom is -0.497 e. The molecule has 164 valence electrons. The van der Waals surface area contributed by atoms with Crippen LogP contribution in [0.1, 0.15) is 43.0 Å². The summed E-state index contributed by atoms with van der Waals surface area (Å²) < 4.78 is 10.4. The number of guanidine groups is 1. The molecule has 29 heavy (non-hydrogen) atoms. The Bertz CT molecular complexity index is 651. The third kappa shape index (κ3) is 8.38. The Labute approximate surface area is 191 Å². The normalized spacial score (nSPS) is 14.9. The summed E-state index contributed by atoms with van der Waals surface area (Å²) in [6.07, 6.45) is 4.77. The first-order valence-electron chi connectivity index (χ1n) is 10.1. The van der Waals surface area contributed by atoms with Crippen molar-refractivity contribution in [2.75, 3.05) is 47.0 Å². The molecule has 0 unspecified atom stereocenters. The van der Waals surface area contributed by atoms with Crippen LogP contribution in [-0.2, 0) is 4.74 Å². The predicted octanol–water partition coefficient (Wildman–Crippen LogP) is 2.80. The third-order valence-corrected chi connectivity index (χ3v) is 5.20. The summed E-state index contributed by atoms with van der Waals surface area (Å²) in [6, 6.07) is 7.13. The quantitative estimate of drug-likeness (QED) is 0.182. The fourth-order valence-electron chi connectivity index (χ4n) is 3.29. The largest absolute Gasteiger partial charge is 0.497 e. The average molecular weight is 518 g/mol. The Hall–Kier alpha value is -1.55. The van der Waals surface area contributed by atoms with Gasteiger partial charge in [-0.05, 0) is 49.8 Å². The molecule has 0 spiro atoms. The van der Waals surface area contributed by atoms with Gasteiger partial charge in [-0.1, -0.05) is 12.5 Å². The van der Waals surface area contributed by atoms with Crippen LogP contribution in [0.5, 0.6) is 5.75 Å². The molecule has 1 aromatic carbocycles. The molecule has 1 saturated carbocycles. The Balaban J connectivity index is 0.00000420. The van der Waals surface area contributed by atoms with Gasteiger partial charge in [0, 0.05) is 45.5 Å². The molecule has 2 rings (SSSR count). The Morgan fingerprint density at radius 1 is 1.17 bits per heavy atom. The van der Waals surface area contributed by atoms with Crippen LogP contribution < -0.4 is 20.7 Å². The van der Waals surface area contributed by atoms with E-state index >= 15 is 0 Å². The van der Waals surface area contributed by atoms with Crippen LogP contribution in [0.2, 0.25) is 0 Å². The van der Waals surface area contributed by atoms with Crippen molar-refractivity contribution >= 4 is 35.8 Å². The molecular weight excluding hydrogens is 483 g/mol. The van der Waals surface area contributed by atoms with Gasteiger partial charge in [0.1, 0.15) is 5.75 Å². The number of hydrogen-bond acceptors (Lipinski definition) is 4. The van der Waals surface area contributed by atoms with Crippen LogP contribution in [0.3, 0.4) is 0 Å². The summed E-state index contributed by atoms with van der Waals surface area (Å²) in [5.74, 6) is 1.35. The number of carbonyl (C=O) groups excluding carboxylic acids is 1. The topological polar surface area (TPSA) is 84.0 Å². The highest BCUT2D eigenvalue weighted by Crippen LogP contribution is 2.44. The van der Waals surface area contributed by atoms with Crippen molar-refractivity contribution in [1.29, 1.82) is 0 Å². The van der Waals surface area contributed by atoms with E-state index < -0.39 is 0 Å². The summed E-state index contributed by atoms with van der Waals surface area (Å²) >= 11 is 0. The Morgan fingerprint density at radius 3 is 2.55 bits per heavy atom. The minimum absolute atomic E-state index is 0. The number of benzene rings is 1. The van der Waals surface area contributed by atoms with Crippen LogP contribution >= 0.6 is 24.0 Å². The number of nitrogens with zero attached hydrogens (tertiary/aromatic N) is 1. The molecular formula is C21H35IN4O3. The molecule has 1 fully saturated rings. The lowest BCUT2D eigenvalue weighted by Gasteiger charge is -2.40. The molecule has 0 aliphatic heterocycles. The van der Waals surface area contributed by atoms with Gasteiger partial charge in [-0.15, -0.1) is 24.0 Å². The van der Waals surface area contributed by atoms with E-state index in [1.165, 1.54) is 19.3 Å². The highest BCUT2D eigenvalue weighted by atomic mass is 127. The van der Waals surface area contributed by atoms with E-state index in [1.807, 2.05) is 19.1 Å². The first-order chi connectivity index (χ1) is 13.6. The Morgan fingerprint density at radius 2 is 1.93 bits per heavy atom. The summed E-state index contributed by atoms with van der Waals surface area (Å²) in [6.45, 7) is 5.55. The first-order valence-corrected chi connectivity index (χ1v) is 10.1. The fourth-order valence-corrected chi connectivity index (χ4v) is 3.29. The number of carbonyl (C=O) groups is 1. The highest BCUT2D eigenvalue weighted by Gasteiger charge is 2.36. The maximum Gasteiger partial charge on any atom is 0.251 e. The number of ether oxygens (including phenoxy) is 2. The predicted molar refractivity (Wildman–Crippen MR) is 128 cm³/mol. The maximum atomic E-state index is 12.2. The van der Waals surface area contributed by atoms with E-state index in [9.17, 15) is 4.79 Å². The van der Waals surface area contributed by atoms with E-state index in [0.29, 0.717) is 29.8 Å². The lowest BCUT2D eigenvalue weighted by atomic mass is 9.67. The fraction of sp³-hybridized carbons (Fsp3) is 0.619. The van der Waals surface area contributed by atoms with Gasteiger partial charge in [0.05, 0.1) is 7.11 Å². The second kappa shape index (κ2) is 13.6. The Kier molecular flexibility index (Phi) is 12.0. The summed E-state index contributed by atoms with van der Waals surface area (Å²) in [7, 11) is 3.34. The summed E-state index contributed by atoms with van der Waals surface area (Å²) in [5, 5.41) is 9.48. The number of halogens is 1. The zero-order valence-electron chi connectivity index (χ0n) is 17.8. The number of rotatable bonds is 11. The molecule has 8 heteroatoms. The van der Waals surface area contributed by atoms with Gasteiger partial charge in [-0.25, -0.2) is 0 Å². The van der Waals surface area contributed by atoms with Crippen LogP contribution in [0, 0.1) is 5.41 Å². The van der Waals surface area contributed by atoms with Gasteiger partial charge in [0.2, 0.25) is 0 Å². The van der Waals surface area contributed by atoms with Crippen molar-refractivity contribution in [3.05, 3.63) is 29.8 Å². The van der Waals surface area contributed by atoms with Crippen LogP contribution in [0.15, 0.2) is 29.3 Å². The van der Waals surface area contributed by atoms with E-state index in [4.69, 9.17) is 14.5 Å². The molecule has 1 aliphatic rings. The van der Waals surface area contributed by atoms with E-state index in [1.54, 1.807) is 26.4 Å². The molecule has 0 bridgehead atoms. The molecule has 0 saturated heterocycles. The summed E-state index contributed by atoms with van der Waals surface area (Å²) in [5.41, 5.74) is 0.879. The number of nitrogens with one attached hydrogen (secondary N) is 3. The molecule has 1 aromatic rings. The SMILES string of the molecule is CCNC(=NCC1(CCOC)CCC1)NCCNC(=O)c1cccc(OC)c1.I. The molecule has 0 aromatic heterocycles. The van der Waals surface area contributed by atoms with Crippen molar-refractivity contribution in [2.45, 2.75) is 32.6 Å². The third-order valence-electron chi connectivity index (χ3n) is 5.20. The summed E-state index contributed by atoms with van der Waals surface area (Å²) in [4.78, 5) is 17.0. The van der Waals surface area contributed by atoms with Crippen molar-refractivity contribution in [1.82, 2.24) is 16.0 Å². The second-order valence-electron chi connectivity index (χ2n) is 7.21. The van der Waals surface area contributed by atoms with Crippen molar-refractivity contribution < 1.29 is 14.3 Å². The van der Waals surface area contributed by atoms with Gasteiger partial charge < -0.3 is 25.4 Å². The number of hydrogen-bond donors (Lipinski definition) is 3. The van der Waals surface area contributed by atoms with Crippen molar-refractivity contribution in [3.8, 4) is 5.75 Å². The molecule has 3 N–H and O–H groups in total. The van der Waals surface area contributed by atoms with Crippen molar-refractivity contribution in [2.24, 2.45) is 10.4 Å². The molecule has 0 atom stereocenters. The standard InChI is InChI=1S/C21H34N4O3.HI/c1-4-22-20(25-16-21(9-6-10-21)11-14-27-2)24-13-12-23-19(26)17-7-5-8-18(15-17)28-3;/h5,7-8,15H,4,6,9-14,16H2,1-3H3,(H,23,26)(H2,22,24,25);1H. The molecule has 1 amide bonds. The van der Waals surface area contributed by atoms with E-state index in [0.717, 1.165) is 32.1 Å². The maximum absolute atomic E-state index is 12.2. The second-order valence-corrected chi connectivity index (χ2v) is 7.21. The van der Waals surface area contributed by atoms with E-state index in [2.05, 4.69) is 16.0 Å². The minimum atomic E-state index is -0.115. The number of amides is 1. The van der Waals surface area contributed by atoms with Gasteiger partial charge in [-0.3, -0.25) is 9.79 Å². The van der Waals surface area contributed by atoms with E-state index in [-0.39, 0.29) is 29.9 Å². The molecule has 0 heterocycles. The van der Waals surface area contributed by atoms with Gasteiger partial charge in [0.15, 0.2) is 5.96 Å². The number of aliphatic imine (C=N–C) groups is 1. The van der Waals surface area contributed by atoms with Crippen LogP contribution in [0.4, 0.5) is 0 Å². The molecule has 7 nitrogen and oxygen atoms in total. The van der Waals surface area contributed by atoms with Gasteiger partial charge >= 0.3 is 0 Å². The lowest BCUT2D eigenvalue weighted by Crippen LogP contribution is -2.43. The average Bonchev–Trinajstić information content (AvgIpc) is 2.69. The smallest absolute Gasteiger partial charge is 0.251 e. The molecule has 0 radical (unpaired) electrons. The zero-order chi connectivity index (χ0) is 20.2. The highest BCUT2D eigenvalue weighted by molar-refractivity contribution is 14.0. The van der Waals surface area contributed by atoms with Gasteiger partial charge in [-0.2, -0.15) is 0 Å². The molecule has 1 aliphatic carbocycles. The lowest BCUT2D eigenvalue weighted by molar-refractivity contribution is 0.0778. The first kappa shape index (κ1) is 25.5. The van der Waals surface area contributed by atoms with Crippen LogP contribution in [0.25, 0.3) is 0 Å². The van der Waals surface area contributed by atoms with Gasteiger partial charge in [0.25, 0.3) is 5.91 Å². The monoisotopic (exact) mass is 518 g/mol. The zero-order valence-corrected chi connectivity index (χ0v) is 20.1. The number of methoxy groups -OCH3 is 2.